The van der Waals surface area contributed by atoms with E-state index in [0.29, 0.717) is 26.2 Å². The quantitative estimate of drug-likeness (QED) is 0.775. The lowest BCUT2D eigenvalue weighted by Crippen LogP contribution is -2.50. The van der Waals surface area contributed by atoms with Gasteiger partial charge in [0, 0.05) is 44.5 Å². The molecule has 2 aliphatic heterocycles. The van der Waals surface area contributed by atoms with E-state index in [1.54, 1.807) is 11.1 Å². The van der Waals surface area contributed by atoms with Gasteiger partial charge in [-0.15, -0.1) is 0 Å². The van der Waals surface area contributed by atoms with E-state index in [0.717, 1.165) is 37.2 Å². The molecule has 0 bridgehead atoms. The molecule has 26 heavy (non-hydrogen) atoms. The maximum atomic E-state index is 12.2. The van der Waals surface area contributed by atoms with Gasteiger partial charge in [-0.1, -0.05) is 6.07 Å². The van der Waals surface area contributed by atoms with Gasteiger partial charge >= 0.3 is 6.09 Å². The molecule has 0 radical (unpaired) electrons. The zero-order valence-corrected chi connectivity index (χ0v) is 15.9. The van der Waals surface area contributed by atoms with Crippen LogP contribution in [0.15, 0.2) is 18.3 Å². The van der Waals surface area contributed by atoms with Crippen LogP contribution in [0.5, 0.6) is 0 Å². The first kappa shape index (κ1) is 18.5. The first-order valence-corrected chi connectivity index (χ1v) is 9.28. The largest absolute Gasteiger partial charge is 0.444 e. The highest BCUT2D eigenvalue weighted by Gasteiger charge is 2.31. The molecule has 7 nitrogen and oxygen atoms in total. The number of hydrogen-bond acceptors (Lipinski definition) is 5. The number of ether oxygens (including phenoxy) is 1. The van der Waals surface area contributed by atoms with Gasteiger partial charge in [-0.05, 0) is 39.7 Å². The molecule has 2 fully saturated rings. The number of amides is 2. The third kappa shape index (κ3) is 4.08. The summed E-state index contributed by atoms with van der Waals surface area (Å²) in [5.74, 6) is 0.926. The van der Waals surface area contributed by atoms with Gasteiger partial charge in [0.2, 0.25) is 6.41 Å². The summed E-state index contributed by atoms with van der Waals surface area (Å²) in [5, 5.41) is 0. The van der Waals surface area contributed by atoms with Crippen molar-refractivity contribution in [2.45, 2.75) is 45.3 Å². The number of nitrogens with zero attached hydrogens (tertiary/aromatic N) is 4. The number of aromatic nitrogens is 1. The standard InChI is InChI=1S/C19H28N4O3/c1-19(2,3)26-18(25)22-12-10-21(11-13-22)17-15(6-4-8-20-17)16-7-5-9-23(16)14-24/h4,6,8,14,16H,5,7,9-13H2,1-3H3. The Hall–Kier alpha value is -2.31. The number of piperazine rings is 1. The Morgan fingerprint density at radius 1 is 1.23 bits per heavy atom. The van der Waals surface area contributed by atoms with Gasteiger partial charge in [-0.2, -0.15) is 0 Å². The SMILES string of the molecule is CC(C)(C)OC(=O)N1CCN(c2ncccc2C2CCCN2C=O)CC1. The Labute approximate surface area is 154 Å². The zero-order chi connectivity index (χ0) is 18.7. The summed E-state index contributed by atoms with van der Waals surface area (Å²) in [6.07, 6.45) is 4.45. The smallest absolute Gasteiger partial charge is 0.410 e. The van der Waals surface area contributed by atoms with Crippen LogP contribution in [0.1, 0.15) is 45.2 Å². The van der Waals surface area contributed by atoms with Crippen molar-refractivity contribution >= 4 is 18.3 Å². The van der Waals surface area contributed by atoms with Crippen molar-refractivity contribution in [2.24, 2.45) is 0 Å². The van der Waals surface area contributed by atoms with Crippen molar-refractivity contribution in [3.8, 4) is 0 Å². The predicted octanol–water partition coefficient (Wildman–Crippen LogP) is 2.43. The predicted molar refractivity (Wildman–Crippen MR) is 99.0 cm³/mol. The van der Waals surface area contributed by atoms with Crippen LogP contribution < -0.4 is 4.90 Å². The van der Waals surface area contributed by atoms with E-state index in [-0.39, 0.29) is 12.1 Å². The van der Waals surface area contributed by atoms with Crippen molar-refractivity contribution in [3.05, 3.63) is 23.9 Å². The highest BCUT2D eigenvalue weighted by molar-refractivity contribution is 5.68. The van der Waals surface area contributed by atoms with Crippen LogP contribution in [0.4, 0.5) is 10.6 Å². The Morgan fingerprint density at radius 3 is 2.62 bits per heavy atom. The maximum Gasteiger partial charge on any atom is 0.410 e. The van der Waals surface area contributed by atoms with Gasteiger partial charge in [0.15, 0.2) is 0 Å². The minimum atomic E-state index is -0.483. The number of pyridine rings is 1. The number of anilines is 1. The lowest BCUT2D eigenvalue weighted by Gasteiger charge is -2.37. The molecule has 2 aliphatic rings. The van der Waals surface area contributed by atoms with E-state index >= 15 is 0 Å². The van der Waals surface area contributed by atoms with E-state index < -0.39 is 5.60 Å². The minimum Gasteiger partial charge on any atom is -0.444 e. The van der Waals surface area contributed by atoms with Crippen LogP contribution in [-0.4, -0.2) is 65.6 Å². The van der Waals surface area contributed by atoms with E-state index in [4.69, 9.17) is 4.74 Å². The summed E-state index contributed by atoms with van der Waals surface area (Å²) in [6.45, 7) is 9.05. The molecule has 3 heterocycles. The highest BCUT2D eigenvalue weighted by Crippen LogP contribution is 2.35. The second-order valence-corrected chi connectivity index (χ2v) is 7.87. The van der Waals surface area contributed by atoms with Crippen molar-refractivity contribution < 1.29 is 14.3 Å². The Bertz CT molecular complexity index is 650. The molecule has 0 N–H and O–H groups in total. The van der Waals surface area contributed by atoms with Crippen LogP contribution in [0.2, 0.25) is 0 Å². The van der Waals surface area contributed by atoms with Gasteiger partial charge in [0.1, 0.15) is 11.4 Å². The average molecular weight is 360 g/mol. The first-order chi connectivity index (χ1) is 12.4. The number of carbonyl (C=O) groups excluding carboxylic acids is 2. The van der Waals surface area contributed by atoms with E-state index in [2.05, 4.69) is 16.0 Å². The molecule has 1 atom stereocenters. The summed E-state index contributed by atoms with van der Waals surface area (Å²) in [5.41, 5.74) is 0.617. The zero-order valence-electron chi connectivity index (χ0n) is 15.9. The Balaban J connectivity index is 1.69. The average Bonchev–Trinajstić information content (AvgIpc) is 3.09. The molecule has 1 aromatic rings. The van der Waals surface area contributed by atoms with Gasteiger partial charge in [-0.3, -0.25) is 4.79 Å². The highest BCUT2D eigenvalue weighted by atomic mass is 16.6. The van der Waals surface area contributed by atoms with Gasteiger partial charge < -0.3 is 19.4 Å². The lowest BCUT2D eigenvalue weighted by atomic mass is 10.0. The van der Waals surface area contributed by atoms with Crippen molar-refractivity contribution in [1.82, 2.24) is 14.8 Å². The van der Waals surface area contributed by atoms with Crippen LogP contribution in [-0.2, 0) is 9.53 Å². The molecule has 142 valence electrons. The van der Waals surface area contributed by atoms with Gasteiger partial charge in [0.25, 0.3) is 0 Å². The minimum absolute atomic E-state index is 0.0973. The molecule has 0 saturated carbocycles. The van der Waals surface area contributed by atoms with Gasteiger partial charge in [-0.25, -0.2) is 9.78 Å². The monoisotopic (exact) mass is 360 g/mol. The number of rotatable bonds is 3. The van der Waals surface area contributed by atoms with Crippen LogP contribution in [0.25, 0.3) is 0 Å². The fourth-order valence-corrected chi connectivity index (χ4v) is 3.61. The number of likely N-dealkylation sites (tertiary alicyclic amines) is 1. The van der Waals surface area contributed by atoms with Gasteiger partial charge in [0.05, 0.1) is 6.04 Å². The second kappa shape index (κ2) is 7.51. The van der Waals surface area contributed by atoms with Crippen LogP contribution in [0.3, 0.4) is 0 Å². The second-order valence-electron chi connectivity index (χ2n) is 7.87. The Morgan fingerprint density at radius 2 is 1.96 bits per heavy atom. The lowest BCUT2D eigenvalue weighted by molar-refractivity contribution is -0.118. The van der Waals surface area contributed by atoms with Crippen molar-refractivity contribution in [3.63, 3.8) is 0 Å². The first-order valence-electron chi connectivity index (χ1n) is 9.28. The molecular weight excluding hydrogens is 332 g/mol. The summed E-state index contributed by atoms with van der Waals surface area (Å²) in [6, 6.07) is 4.09. The van der Waals surface area contributed by atoms with E-state index in [9.17, 15) is 9.59 Å². The summed E-state index contributed by atoms with van der Waals surface area (Å²) < 4.78 is 5.46. The molecule has 7 heteroatoms. The topological polar surface area (TPSA) is 66.0 Å². The summed E-state index contributed by atoms with van der Waals surface area (Å²) in [7, 11) is 0. The normalized spacial score (nSPS) is 21.0. The van der Waals surface area contributed by atoms with Crippen molar-refractivity contribution in [2.75, 3.05) is 37.6 Å². The number of hydrogen-bond donors (Lipinski definition) is 0. The van der Waals surface area contributed by atoms with E-state index in [1.807, 2.05) is 31.7 Å². The van der Waals surface area contributed by atoms with Crippen LogP contribution >= 0.6 is 0 Å². The summed E-state index contributed by atoms with van der Waals surface area (Å²) >= 11 is 0. The molecule has 2 amide bonds. The molecule has 1 unspecified atom stereocenters. The van der Waals surface area contributed by atoms with Crippen molar-refractivity contribution in [1.29, 1.82) is 0 Å². The Kier molecular flexibility index (Phi) is 5.34. The molecule has 0 aliphatic carbocycles. The molecule has 1 aromatic heterocycles. The fourth-order valence-electron chi connectivity index (χ4n) is 3.61. The molecule has 2 saturated heterocycles. The number of carbonyl (C=O) groups is 2. The third-order valence-electron chi connectivity index (χ3n) is 4.84. The molecule has 0 spiro atoms. The third-order valence-corrected chi connectivity index (χ3v) is 4.84. The molecular formula is C19H28N4O3. The van der Waals surface area contributed by atoms with Crippen LogP contribution in [0, 0.1) is 0 Å². The van der Waals surface area contributed by atoms with E-state index in [1.165, 1.54) is 0 Å². The fraction of sp³-hybridized carbons (Fsp3) is 0.632. The molecule has 3 rings (SSSR count). The molecule has 0 aromatic carbocycles. The maximum absolute atomic E-state index is 12.2. The summed E-state index contributed by atoms with van der Waals surface area (Å²) in [4.78, 5) is 34.0.